The SMILES string of the molecule is CS(=O)(=O)CCC(NC(=O)CCC1CCCO1)C(=O)O. The van der Waals surface area contributed by atoms with Crippen molar-refractivity contribution >= 4 is 21.7 Å². The molecule has 0 aromatic rings. The molecule has 116 valence electrons. The van der Waals surface area contributed by atoms with Crippen molar-refractivity contribution in [2.75, 3.05) is 18.6 Å². The Morgan fingerprint density at radius 3 is 2.65 bits per heavy atom. The standard InChI is InChI=1S/C12H21NO6S/c1-20(17,18)8-6-10(12(15)16)13-11(14)5-4-9-3-2-7-19-9/h9-10H,2-8H2,1H3,(H,13,14)(H,15,16). The summed E-state index contributed by atoms with van der Waals surface area (Å²) in [6, 6.07) is -1.17. The molecule has 1 fully saturated rings. The molecule has 1 amide bonds. The van der Waals surface area contributed by atoms with E-state index >= 15 is 0 Å². The van der Waals surface area contributed by atoms with Crippen LogP contribution in [-0.4, -0.2) is 56.2 Å². The van der Waals surface area contributed by atoms with E-state index < -0.39 is 21.8 Å². The molecule has 0 aromatic heterocycles. The lowest BCUT2D eigenvalue weighted by Gasteiger charge is -2.15. The molecule has 8 heteroatoms. The van der Waals surface area contributed by atoms with Gasteiger partial charge in [-0.1, -0.05) is 0 Å². The average Bonchev–Trinajstić information content (AvgIpc) is 2.83. The first-order chi connectivity index (χ1) is 9.28. The number of aliphatic carboxylic acids is 1. The van der Waals surface area contributed by atoms with Crippen molar-refractivity contribution in [1.29, 1.82) is 0 Å². The van der Waals surface area contributed by atoms with E-state index in [2.05, 4.69) is 5.32 Å². The first-order valence-electron chi connectivity index (χ1n) is 6.59. The van der Waals surface area contributed by atoms with Gasteiger partial charge >= 0.3 is 5.97 Å². The van der Waals surface area contributed by atoms with E-state index in [4.69, 9.17) is 9.84 Å². The summed E-state index contributed by atoms with van der Waals surface area (Å²) < 4.78 is 27.4. The summed E-state index contributed by atoms with van der Waals surface area (Å²) >= 11 is 0. The summed E-state index contributed by atoms with van der Waals surface area (Å²) in [7, 11) is -3.25. The number of carbonyl (C=O) groups is 2. The third-order valence-corrected chi connectivity index (χ3v) is 4.11. The number of carboxylic acids is 1. The average molecular weight is 307 g/mol. The first-order valence-corrected chi connectivity index (χ1v) is 8.65. The Labute approximate surface area is 118 Å². The zero-order valence-corrected chi connectivity index (χ0v) is 12.3. The zero-order chi connectivity index (χ0) is 15.2. The van der Waals surface area contributed by atoms with Crippen LogP contribution in [0.1, 0.15) is 32.1 Å². The van der Waals surface area contributed by atoms with Gasteiger partial charge in [-0.25, -0.2) is 13.2 Å². The number of hydrogen-bond donors (Lipinski definition) is 2. The van der Waals surface area contributed by atoms with Gasteiger partial charge in [-0.3, -0.25) is 4.79 Å². The van der Waals surface area contributed by atoms with E-state index in [0.717, 1.165) is 19.1 Å². The summed E-state index contributed by atoms with van der Waals surface area (Å²) in [6.45, 7) is 0.707. The lowest BCUT2D eigenvalue weighted by atomic mass is 10.1. The van der Waals surface area contributed by atoms with Crippen LogP contribution >= 0.6 is 0 Å². The minimum atomic E-state index is -3.25. The van der Waals surface area contributed by atoms with Gasteiger partial charge in [0.2, 0.25) is 5.91 Å². The second-order valence-electron chi connectivity index (χ2n) is 5.05. The molecular weight excluding hydrogens is 286 g/mol. The number of nitrogens with one attached hydrogen (secondary N) is 1. The molecule has 1 saturated heterocycles. The third kappa shape index (κ3) is 6.85. The molecule has 1 aliphatic heterocycles. The number of ether oxygens (including phenoxy) is 1. The number of carboxylic acid groups (broad SMARTS) is 1. The molecule has 0 aromatic carbocycles. The van der Waals surface area contributed by atoms with Gasteiger partial charge in [-0.05, 0) is 25.7 Å². The van der Waals surface area contributed by atoms with Crippen LogP contribution in [0.5, 0.6) is 0 Å². The Kier molecular flexibility index (Phi) is 6.41. The van der Waals surface area contributed by atoms with E-state index in [0.29, 0.717) is 13.0 Å². The van der Waals surface area contributed by atoms with Crippen molar-refractivity contribution in [2.45, 2.75) is 44.2 Å². The molecule has 2 N–H and O–H groups in total. The molecule has 1 heterocycles. The lowest BCUT2D eigenvalue weighted by molar-refractivity contribution is -0.141. The molecule has 0 saturated carbocycles. The Bertz CT molecular complexity index is 441. The summed E-state index contributed by atoms with van der Waals surface area (Å²) in [5.74, 6) is -1.88. The summed E-state index contributed by atoms with van der Waals surface area (Å²) in [5.41, 5.74) is 0. The number of sulfone groups is 1. The second-order valence-corrected chi connectivity index (χ2v) is 7.31. The van der Waals surface area contributed by atoms with Gasteiger partial charge in [-0.15, -0.1) is 0 Å². The van der Waals surface area contributed by atoms with Crippen LogP contribution < -0.4 is 5.32 Å². The molecule has 20 heavy (non-hydrogen) atoms. The molecule has 2 unspecified atom stereocenters. The molecule has 1 rings (SSSR count). The number of rotatable bonds is 8. The molecule has 2 atom stereocenters. The van der Waals surface area contributed by atoms with Gasteiger partial charge in [0, 0.05) is 19.3 Å². The maximum absolute atomic E-state index is 11.7. The van der Waals surface area contributed by atoms with E-state index in [9.17, 15) is 18.0 Å². The highest BCUT2D eigenvalue weighted by Crippen LogP contribution is 2.16. The smallest absolute Gasteiger partial charge is 0.326 e. The Morgan fingerprint density at radius 2 is 2.15 bits per heavy atom. The van der Waals surface area contributed by atoms with Crippen LogP contribution in [0.15, 0.2) is 0 Å². The highest BCUT2D eigenvalue weighted by molar-refractivity contribution is 7.90. The van der Waals surface area contributed by atoms with Crippen molar-refractivity contribution in [1.82, 2.24) is 5.32 Å². The number of carbonyl (C=O) groups excluding carboxylic acids is 1. The molecule has 0 aliphatic carbocycles. The van der Waals surface area contributed by atoms with Gasteiger partial charge in [-0.2, -0.15) is 0 Å². The van der Waals surface area contributed by atoms with Crippen molar-refractivity contribution < 1.29 is 27.9 Å². The van der Waals surface area contributed by atoms with Crippen LogP contribution in [-0.2, 0) is 24.2 Å². The van der Waals surface area contributed by atoms with Crippen LogP contribution in [0.4, 0.5) is 0 Å². The minimum absolute atomic E-state index is 0.0695. The van der Waals surface area contributed by atoms with Crippen LogP contribution in [0.25, 0.3) is 0 Å². The molecule has 0 radical (unpaired) electrons. The highest BCUT2D eigenvalue weighted by atomic mass is 32.2. The van der Waals surface area contributed by atoms with E-state index in [1.54, 1.807) is 0 Å². The molecule has 7 nitrogen and oxygen atoms in total. The molecule has 0 bridgehead atoms. The van der Waals surface area contributed by atoms with E-state index in [1.165, 1.54) is 0 Å². The van der Waals surface area contributed by atoms with Crippen LogP contribution in [0.3, 0.4) is 0 Å². The lowest BCUT2D eigenvalue weighted by Crippen LogP contribution is -2.42. The highest BCUT2D eigenvalue weighted by Gasteiger charge is 2.23. The first kappa shape index (κ1) is 16.9. The van der Waals surface area contributed by atoms with Crippen molar-refractivity contribution in [3.8, 4) is 0 Å². The topological polar surface area (TPSA) is 110 Å². The summed E-state index contributed by atoms with van der Waals surface area (Å²) in [5, 5.41) is 11.3. The van der Waals surface area contributed by atoms with Gasteiger partial charge in [0.05, 0.1) is 11.9 Å². The van der Waals surface area contributed by atoms with Crippen molar-refractivity contribution in [3.05, 3.63) is 0 Å². The fourth-order valence-corrected chi connectivity index (χ4v) is 2.68. The van der Waals surface area contributed by atoms with Crippen LogP contribution in [0.2, 0.25) is 0 Å². The quantitative estimate of drug-likeness (QED) is 0.650. The Hall–Kier alpha value is -1.15. The monoisotopic (exact) mass is 307 g/mol. The summed E-state index contributed by atoms with van der Waals surface area (Å²) in [6.07, 6.45) is 3.63. The van der Waals surface area contributed by atoms with E-state index in [-0.39, 0.29) is 30.6 Å². The fraction of sp³-hybridized carbons (Fsp3) is 0.833. The molecular formula is C12H21NO6S. The largest absolute Gasteiger partial charge is 0.480 e. The predicted molar refractivity (Wildman–Crippen MR) is 72.1 cm³/mol. The second kappa shape index (κ2) is 7.58. The fourth-order valence-electron chi connectivity index (χ4n) is 2.02. The number of amides is 1. The maximum atomic E-state index is 11.7. The van der Waals surface area contributed by atoms with Gasteiger partial charge < -0.3 is 15.2 Å². The predicted octanol–water partition coefficient (Wildman–Crippen LogP) is -0.0503. The van der Waals surface area contributed by atoms with Crippen LogP contribution in [0, 0.1) is 0 Å². The number of hydrogen-bond acceptors (Lipinski definition) is 5. The molecule has 0 spiro atoms. The van der Waals surface area contributed by atoms with Crippen molar-refractivity contribution in [2.24, 2.45) is 0 Å². The van der Waals surface area contributed by atoms with Gasteiger partial charge in [0.15, 0.2) is 0 Å². The summed E-state index contributed by atoms with van der Waals surface area (Å²) in [4.78, 5) is 22.6. The minimum Gasteiger partial charge on any atom is -0.480 e. The molecule has 1 aliphatic rings. The Morgan fingerprint density at radius 1 is 1.45 bits per heavy atom. The Balaban J connectivity index is 2.36. The van der Waals surface area contributed by atoms with Gasteiger partial charge in [0.25, 0.3) is 0 Å². The van der Waals surface area contributed by atoms with Gasteiger partial charge in [0.1, 0.15) is 15.9 Å². The zero-order valence-electron chi connectivity index (χ0n) is 11.5. The van der Waals surface area contributed by atoms with E-state index in [1.807, 2.05) is 0 Å². The maximum Gasteiger partial charge on any atom is 0.326 e. The third-order valence-electron chi connectivity index (χ3n) is 3.13. The van der Waals surface area contributed by atoms with Crippen molar-refractivity contribution in [3.63, 3.8) is 0 Å². The normalized spacial score (nSPS) is 20.6.